The second kappa shape index (κ2) is 14.2. The van der Waals surface area contributed by atoms with E-state index in [0.29, 0.717) is 11.5 Å². The molecule has 1 atom stereocenters. The molecule has 0 amide bonds. The van der Waals surface area contributed by atoms with E-state index in [-0.39, 0.29) is 27.1 Å². The predicted molar refractivity (Wildman–Crippen MR) is 188 cm³/mol. The molecule has 0 bridgehead atoms. The minimum absolute atomic E-state index is 0. The van der Waals surface area contributed by atoms with Gasteiger partial charge in [0.05, 0.1) is 0 Å². The summed E-state index contributed by atoms with van der Waals surface area (Å²) < 4.78 is 6.32. The fourth-order valence-corrected chi connectivity index (χ4v) is 5.67. The molecule has 48 heavy (non-hydrogen) atoms. The Morgan fingerprint density at radius 2 is 1.17 bits per heavy atom. The largest absolute Gasteiger partial charge is 4.00 e. The summed E-state index contributed by atoms with van der Waals surface area (Å²) in [5, 5.41) is 13.7. The van der Waals surface area contributed by atoms with Gasteiger partial charge in [-0.2, -0.15) is 22.3 Å². The van der Waals surface area contributed by atoms with Gasteiger partial charge < -0.3 is 24.6 Å². The van der Waals surface area contributed by atoms with Crippen LogP contribution in [0.25, 0.3) is 0 Å². The van der Waals surface area contributed by atoms with E-state index < -0.39 is 0 Å². The minimum Gasteiger partial charge on any atom is -0.509 e. The van der Waals surface area contributed by atoms with Gasteiger partial charge in [0.1, 0.15) is 11.7 Å². The van der Waals surface area contributed by atoms with Crippen LogP contribution >= 0.6 is 0 Å². The second-order valence-corrected chi connectivity index (χ2v) is 11.1. The number of hydrogen-bond donors (Lipinski definition) is 0. The summed E-state index contributed by atoms with van der Waals surface area (Å²) in [5.74, 6) is 2.82. The number of allylic oxidation sites excluding steroid dienone is 2. The summed E-state index contributed by atoms with van der Waals surface area (Å²) in [6.45, 7) is 4.00. The Bertz CT molecular complexity index is 1980. The van der Waals surface area contributed by atoms with Gasteiger partial charge in [-0.15, -0.1) is 49.7 Å². The Morgan fingerprint density at radius 1 is 0.604 bits per heavy atom. The number of hydrogen-bond acceptors (Lipinski definition) is 7. The van der Waals surface area contributed by atoms with Gasteiger partial charge >= 0.3 is 21.1 Å². The van der Waals surface area contributed by atoms with E-state index in [1.54, 1.807) is 0 Å². The summed E-state index contributed by atoms with van der Waals surface area (Å²) in [5.41, 5.74) is 4.60. The quantitative estimate of drug-likeness (QED) is 0.148. The molecule has 0 fully saturated rings. The van der Waals surface area contributed by atoms with Crippen LogP contribution < -0.4 is 19.7 Å². The van der Waals surface area contributed by atoms with Crippen LogP contribution in [0.4, 0.5) is 17.1 Å². The molecule has 5 aromatic carbocycles. The van der Waals surface area contributed by atoms with Gasteiger partial charge in [-0.3, -0.25) is 0 Å². The minimum atomic E-state index is 0. The molecule has 0 radical (unpaired) electrons. The summed E-state index contributed by atoms with van der Waals surface area (Å²) >= 11 is 0. The first kappa shape index (κ1) is 31.2. The van der Waals surface area contributed by atoms with E-state index in [1.807, 2.05) is 114 Å². The Hall–Kier alpha value is -5.39. The first-order valence-corrected chi connectivity index (χ1v) is 15.5. The summed E-state index contributed by atoms with van der Waals surface area (Å²) in [6, 6.07) is 49.2. The van der Waals surface area contributed by atoms with Gasteiger partial charge in [0.15, 0.2) is 0 Å². The number of nitrogens with zero attached hydrogens (tertiary/aromatic N) is 6. The van der Waals surface area contributed by atoms with Crippen molar-refractivity contribution >= 4 is 28.7 Å². The van der Waals surface area contributed by atoms with E-state index in [0.717, 1.165) is 46.3 Å². The maximum absolute atomic E-state index is 6.32. The van der Waals surface area contributed by atoms with Crippen LogP contribution in [-0.2, 0) is 21.1 Å². The summed E-state index contributed by atoms with van der Waals surface area (Å²) in [6.07, 6.45) is 9.46. The van der Waals surface area contributed by atoms with Gasteiger partial charge in [0, 0.05) is 34.4 Å². The van der Waals surface area contributed by atoms with Crippen LogP contribution in [0.2, 0.25) is 0 Å². The van der Waals surface area contributed by atoms with Gasteiger partial charge in [0.2, 0.25) is 0 Å². The molecule has 3 aliphatic rings. The van der Waals surface area contributed by atoms with Gasteiger partial charge in [-0.05, 0) is 18.6 Å². The van der Waals surface area contributed by atoms with Crippen LogP contribution in [0.3, 0.4) is 0 Å². The number of para-hydroxylation sites is 1. The molecule has 8 rings (SSSR count). The Labute approximate surface area is 295 Å². The fourth-order valence-electron chi connectivity index (χ4n) is 5.67. The maximum atomic E-state index is 6.32. The van der Waals surface area contributed by atoms with E-state index >= 15 is 0 Å². The Morgan fingerprint density at radius 3 is 1.77 bits per heavy atom. The first-order valence-electron chi connectivity index (χ1n) is 15.5. The summed E-state index contributed by atoms with van der Waals surface area (Å²) in [7, 11) is 0. The number of amidine groups is 2. The monoisotopic (exact) mass is 805 g/mol. The van der Waals surface area contributed by atoms with Crippen molar-refractivity contribution in [2.45, 2.75) is 12.5 Å². The van der Waals surface area contributed by atoms with E-state index in [1.165, 1.54) is 0 Å². The molecule has 0 saturated carbocycles. The van der Waals surface area contributed by atoms with Gasteiger partial charge in [-0.1, -0.05) is 115 Å². The van der Waals surface area contributed by atoms with Crippen LogP contribution in [-0.4, -0.2) is 22.6 Å². The van der Waals surface area contributed by atoms with Crippen molar-refractivity contribution in [3.63, 3.8) is 0 Å². The zero-order chi connectivity index (χ0) is 31.4. The zero-order valence-electron chi connectivity index (χ0n) is 25.8. The van der Waals surface area contributed by atoms with Crippen LogP contribution in [0.15, 0.2) is 162 Å². The van der Waals surface area contributed by atoms with Crippen molar-refractivity contribution in [2.24, 2.45) is 10.2 Å². The maximum Gasteiger partial charge on any atom is 4.00 e. The molecule has 0 aromatic heterocycles. The average molecular weight is 806 g/mol. The molecule has 0 saturated heterocycles. The molecule has 0 spiro atoms. The van der Waals surface area contributed by atoms with Crippen LogP contribution in [0, 0.1) is 25.5 Å². The Balaban J connectivity index is 0.00000364. The molecular formula is C40H30N6OPt. The Kier molecular flexibility index (Phi) is 9.21. The normalized spacial score (nSPS) is 16.9. The molecule has 2 heterocycles. The number of benzene rings is 5. The molecule has 7 nitrogen and oxygen atoms in total. The fraction of sp³-hybridized carbons (Fsp3) is 0.0500. The second-order valence-electron chi connectivity index (χ2n) is 11.1. The summed E-state index contributed by atoms with van der Waals surface area (Å²) in [4.78, 5) is 4.29. The number of hydrazone groups is 2. The topological polar surface area (TPSA) is 46.9 Å². The van der Waals surface area contributed by atoms with Crippen LogP contribution in [0.5, 0.6) is 11.5 Å². The van der Waals surface area contributed by atoms with Crippen molar-refractivity contribution in [3.05, 3.63) is 188 Å². The van der Waals surface area contributed by atoms with Crippen molar-refractivity contribution in [2.75, 3.05) is 14.9 Å². The van der Waals surface area contributed by atoms with Gasteiger partial charge in [0.25, 0.3) is 0 Å². The molecular weight excluding hydrogens is 776 g/mol. The van der Waals surface area contributed by atoms with Crippen molar-refractivity contribution in [1.29, 1.82) is 0 Å². The first-order chi connectivity index (χ1) is 23.3. The van der Waals surface area contributed by atoms with Gasteiger partial charge in [-0.25, -0.2) is 0 Å². The molecule has 0 N–H and O–H groups in total. The van der Waals surface area contributed by atoms with Crippen LogP contribution in [0.1, 0.15) is 17.5 Å². The van der Waals surface area contributed by atoms with Crippen molar-refractivity contribution in [3.8, 4) is 11.5 Å². The van der Waals surface area contributed by atoms with Crippen molar-refractivity contribution in [1.82, 2.24) is 4.90 Å². The smallest absolute Gasteiger partial charge is 0.509 e. The molecule has 8 heteroatoms. The SMILES string of the molecule is [Pt+4].[c-]1c(Oc2[c-]c(N3[CH-]N([C@@H]4C=CC=CC4)C(c4ccccc4)=N3)ccc2)cccc1N1[CH-]N(c2ccccc2)C(c2ccccc2)=N1. The molecule has 5 aromatic rings. The molecule has 1 aliphatic carbocycles. The zero-order valence-corrected chi connectivity index (χ0v) is 28.1. The van der Waals surface area contributed by atoms with E-state index in [9.17, 15) is 0 Å². The van der Waals surface area contributed by atoms with E-state index in [2.05, 4.69) is 82.6 Å². The third-order valence-corrected chi connectivity index (χ3v) is 7.97. The number of ether oxygens (including phenoxy) is 1. The third-order valence-electron chi connectivity index (χ3n) is 7.97. The molecule has 236 valence electrons. The predicted octanol–water partition coefficient (Wildman–Crippen LogP) is 8.37. The van der Waals surface area contributed by atoms with E-state index in [4.69, 9.17) is 14.9 Å². The molecule has 2 aliphatic heterocycles. The number of anilines is 3. The standard InChI is InChI=1S/C40H30N6O.Pt/c1-5-15-31(16-6-1)39-41-45(29-43(39)33-19-9-3-10-20-33)35-23-13-25-37(27-35)47-38-26-14-24-36(28-38)46-30-44(34-21-11-4-12-22-34)40(42-46)32-17-7-2-8-18-32;/h1-21,23-26,29-30,34H,22H2;/q-4;+4/t34-;/m1./s1. The third kappa shape index (κ3) is 6.55. The average Bonchev–Trinajstić information content (AvgIpc) is 3.80. The van der Waals surface area contributed by atoms with Crippen molar-refractivity contribution < 1.29 is 25.8 Å². The molecule has 0 unspecified atom stereocenters. The number of rotatable bonds is 8.